The summed E-state index contributed by atoms with van der Waals surface area (Å²) in [5, 5.41) is 0. The van der Waals surface area contributed by atoms with Gasteiger partial charge in [-0.2, -0.15) is 4.99 Å². The first-order valence-electron chi connectivity index (χ1n) is 5.57. The zero-order chi connectivity index (χ0) is 12.8. The smallest absolute Gasteiger partial charge is 0.240 e. The van der Waals surface area contributed by atoms with Crippen molar-refractivity contribution >= 4 is 23.9 Å². The van der Waals surface area contributed by atoms with Gasteiger partial charge in [-0.1, -0.05) is 36.4 Å². The molecule has 2 aromatic rings. The Kier molecular flexibility index (Phi) is 3.79. The normalized spacial score (nSPS) is 10.3. The lowest BCUT2D eigenvalue weighted by atomic mass is 10.2. The first-order valence-corrected chi connectivity index (χ1v) is 5.57. The van der Waals surface area contributed by atoms with Crippen LogP contribution in [-0.2, 0) is 4.79 Å². The monoisotopic (exact) mass is 236 g/mol. The van der Waals surface area contributed by atoms with Gasteiger partial charge in [0.15, 0.2) is 0 Å². The predicted octanol–water partition coefficient (Wildman–Crippen LogP) is 3.53. The lowest BCUT2D eigenvalue weighted by Gasteiger charge is -1.98. The van der Waals surface area contributed by atoms with Gasteiger partial charge in [0.25, 0.3) is 0 Å². The highest BCUT2D eigenvalue weighted by atomic mass is 16.1. The minimum atomic E-state index is 0.574. The molecule has 0 aliphatic rings. The molecule has 0 amide bonds. The molecular formula is C15H12N2O. The standard InChI is InChI=1S/C15H12N2O/c1-12-9-15(16-11-18)10-14(17-12)8-7-13-5-3-2-4-6-13/h2-10H,1H3. The number of hydrogen-bond acceptors (Lipinski definition) is 3. The second-order valence-electron chi connectivity index (χ2n) is 3.84. The van der Waals surface area contributed by atoms with Crippen LogP contribution in [0.4, 0.5) is 5.69 Å². The van der Waals surface area contributed by atoms with Gasteiger partial charge in [-0.15, -0.1) is 0 Å². The minimum absolute atomic E-state index is 0.574. The Labute approximate surface area is 106 Å². The van der Waals surface area contributed by atoms with Gasteiger partial charge in [0.1, 0.15) is 0 Å². The van der Waals surface area contributed by atoms with Crippen molar-refractivity contribution in [3.8, 4) is 0 Å². The van der Waals surface area contributed by atoms with Crippen molar-refractivity contribution in [3.05, 3.63) is 59.4 Å². The maximum absolute atomic E-state index is 10.2. The summed E-state index contributed by atoms with van der Waals surface area (Å²) in [4.78, 5) is 18.2. The number of benzene rings is 1. The largest absolute Gasteiger partial charge is 0.254 e. The van der Waals surface area contributed by atoms with E-state index in [2.05, 4.69) is 9.98 Å². The van der Waals surface area contributed by atoms with E-state index in [1.54, 1.807) is 12.1 Å². The highest BCUT2D eigenvalue weighted by Gasteiger charge is 1.96. The molecule has 0 spiro atoms. The molecule has 0 aliphatic carbocycles. The number of carbonyl (C=O) groups excluding carboxylic acids is 1. The van der Waals surface area contributed by atoms with E-state index in [9.17, 15) is 4.79 Å². The number of aromatic nitrogens is 1. The summed E-state index contributed by atoms with van der Waals surface area (Å²) in [6.07, 6.45) is 5.40. The Morgan fingerprint density at radius 3 is 2.67 bits per heavy atom. The third kappa shape index (κ3) is 3.24. The zero-order valence-corrected chi connectivity index (χ0v) is 10.00. The van der Waals surface area contributed by atoms with Crippen molar-refractivity contribution in [3.63, 3.8) is 0 Å². The van der Waals surface area contributed by atoms with Gasteiger partial charge in [0.05, 0.1) is 11.4 Å². The van der Waals surface area contributed by atoms with Crippen LogP contribution in [0.3, 0.4) is 0 Å². The number of pyridine rings is 1. The van der Waals surface area contributed by atoms with E-state index in [4.69, 9.17) is 0 Å². The lowest BCUT2D eigenvalue weighted by Crippen LogP contribution is -1.84. The summed E-state index contributed by atoms with van der Waals surface area (Å²) < 4.78 is 0. The summed E-state index contributed by atoms with van der Waals surface area (Å²) in [6.45, 7) is 1.86. The molecule has 0 atom stereocenters. The molecule has 3 heteroatoms. The minimum Gasteiger partial charge on any atom is -0.254 e. The summed E-state index contributed by atoms with van der Waals surface area (Å²) >= 11 is 0. The van der Waals surface area contributed by atoms with Crippen LogP contribution >= 0.6 is 0 Å². The molecule has 0 aliphatic heterocycles. The molecule has 18 heavy (non-hydrogen) atoms. The zero-order valence-electron chi connectivity index (χ0n) is 10.00. The highest BCUT2D eigenvalue weighted by Crippen LogP contribution is 2.16. The van der Waals surface area contributed by atoms with E-state index in [1.807, 2.05) is 49.4 Å². The van der Waals surface area contributed by atoms with Gasteiger partial charge in [0.2, 0.25) is 6.08 Å². The summed E-state index contributed by atoms with van der Waals surface area (Å²) in [5.74, 6) is 0. The summed E-state index contributed by atoms with van der Waals surface area (Å²) in [5.41, 5.74) is 3.26. The Morgan fingerprint density at radius 1 is 1.17 bits per heavy atom. The third-order valence-corrected chi connectivity index (χ3v) is 2.38. The highest BCUT2D eigenvalue weighted by molar-refractivity contribution is 5.69. The van der Waals surface area contributed by atoms with E-state index in [0.29, 0.717) is 5.69 Å². The molecule has 1 aromatic carbocycles. The Bertz CT molecular complexity index is 612. The summed E-state index contributed by atoms with van der Waals surface area (Å²) in [6, 6.07) is 13.4. The number of isocyanates is 1. The van der Waals surface area contributed by atoms with Crippen molar-refractivity contribution in [2.45, 2.75) is 6.92 Å². The third-order valence-electron chi connectivity index (χ3n) is 2.38. The van der Waals surface area contributed by atoms with Crippen LogP contribution in [0.25, 0.3) is 12.2 Å². The van der Waals surface area contributed by atoms with Crippen molar-refractivity contribution in [2.24, 2.45) is 4.99 Å². The van der Waals surface area contributed by atoms with Gasteiger partial charge >= 0.3 is 0 Å². The SMILES string of the molecule is Cc1cc(N=C=O)cc(C=Cc2ccccc2)n1. The summed E-state index contributed by atoms with van der Waals surface area (Å²) in [7, 11) is 0. The second kappa shape index (κ2) is 5.71. The second-order valence-corrected chi connectivity index (χ2v) is 3.84. The van der Waals surface area contributed by atoms with Crippen LogP contribution in [0, 0.1) is 6.92 Å². The van der Waals surface area contributed by atoms with Crippen molar-refractivity contribution in [2.75, 3.05) is 0 Å². The van der Waals surface area contributed by atoms with Crippen molar-refractivity contribution in [1.29, 1.82) is 0 Å². The maximum Gasteiger partial charge on any atom is 0.240 e. The van der Waals surface area contributed by atoms with Gasteiger partial charge in [-0.25, -0.2) is 4.79 Å². The molecule has 0 unspecified atom stereocenters. The van der Waals surface area contributed by atoms with Crippen LogP contribution in [0.1, 0.15) is 17.0 Å². The molecule has 88 valence electrons. The number of aryl methyl sites for hydroxylation is 1. The Morgan fingerprint density at radius 2 is 1.94 bits per heavy atom. The van der Waals surface area contributed by atoms with Crippen molar-refractivity contribution < 1.29 is 4.79 Å². The van der Waals surface area contributed by atoms with E-state index in [0.717, 1.165) is 17.0 Å². The fraction of sp³-hybridized carbons (Fsp3) is 0.0667. The van der Waals surface area contributed by atoms with Crippen LogP contribution in [0.15, 0.2) is 47.5 Å². The quantitative estimate of drug-likeness (QED) is 0.604. The van der Waals surface area contributed by atoms with E-state index >= 15 is 0 Å². The Balaban J connectivity index is 2.29. The fourth-order valence-electron chi connectivity index (χ4n) is 1.62. The van der Waals surface area contributed by atoms with Gasteiger partial charge in [0, 0.05) is 5.69 Å². The first-order chi connectivity index (χ1) is 8.78. The molecule has 1 aromatic heterocycles. The molecule has 0 radical (unpaired) electrons. The maximum atomic E-state index is 10.2. The van der Waals surface area contributed by atoms with Crippen LogP contribution in [-0.4, -0.2) is 11.1 Å². The van der Waals surface area contributed by atoms with Crippen LogP contribution < -0.4 is 0 Å². The van der Waals surface area contributed by atoms with E-state index in [1.165, 1.54) is 6.08 Å². The van der Waals surface area contributed by atoms with Gasteiger partial charge < -0.3 is 0 Å². The topological polar surface area (TPSA) is 42.3 Å². The molecule has 2 rings (SSSR count). The molecule has 1 heterocycles. The number of rotatable bonds is 3. The van der Waals surface area contributed by atoms with Gasteiger partial charge in [-0.05, 0) is 30.7 Å². The van der Waals surface area contributed by atoms with E-state index in [-0.39, 0.29) is 0 Å². The lowest BCUT2D eigenvalue weighted by molar-refractivity contribution is 0.565. The molecule has 0 fully saturated rings. The molecule has 0 N–H and O–H groups in total. The van der Waals surface area contributed by atoms with Crippen molar-refractivity contribution in [1.82, 2.24) is 4.98 Å². The molecular weight excluding hydrogens is 224 g/mol. The first kappa shape index (κ1) is 12.0. The van der Waals surface area contributed by atoms with Gasteiger partial charge in [-0.3, -0.25) is 4.98 Å². The number of nitrogens with zero attached hydrogens (tertiary/aromatic N) is 2. The number of hydrogen-bond donors (Lipinski definition) is 0. The average Bonchev–Trinajstić information content (AvgIpc) is 2.37. The van der Waals surface area contributed by atoms with Crippen LogP contribution in [0.5, 0.6) is 0 Å². The molecule has 0 bridgehead atoms. The molecule has 3 nitrogen and oxygen atoms in total. The average molecular weight is 236 g/mol. The Hall–Kier alpha value is -2.51. The molecule has 0 saturated heterocycles. The predicted molar refractivity (Wildman–Crippen MR) is 72.1 cm³/mol. The van der Waals surface area contributed by atoms with Crippen LogP contribution in [0.2, 0.25) is 0 Å². The number of aliphatic imine (C=N–C) groups is 1. The fourth-order valence-corrected chi connectivity index (χ4v) is 1.62. The molecule has 0 saturated carbocycles. The van der Waals surface area contributed by atoms with E-state index < -0.39 is 0 Å².